The molecule has 1 amide bonds. The molecule has 0 aliphatic carbocycles. The zero-order chi connectivity index (χ0) is 15.7. The van der Waals surface area contributed by atoms with Crippen LogP contribution in [0.1, 0.15) is 51.1 Å². The fourth-order valence-corrected chi connectivity index (χ4v) is 2.41. The summed E-state index contributed by atoms with van der Waals surface area (Å²) in [7, 11) is 1.64. The van der Waals surface area contributed by atoms with Crippen molar-refractivity contribution < 1.29 is 9.53 Å². The van der Waals surface area contributed by atoms with Gasteiger partial charge in [0.25, 0.3) is 0 Å². The second-order valence-corrected chi connectivity index (χ2v) is 5.45. The van der Waals surface area contributed by atoms with Crippen LogP contribution in [0.25, 0.3) is 0 Å². The Morgan fingerprint density at radius 2 is 1.95 bits per heavy atom. The Labute approximate surface area is 128 Å². The zero-order valence-electron chi connectivity index (χ0n) is 13.4. The van der Waals surface area contributed by atoms with Crippen molar-refractivity contribution in [3.05, 3.63) is 29.8 Å². The van der Waals surface area contributed by atoms with E-state index in [0.717, 1.165) is 30.6 Å². The van der Waals surface area contributed by atoms with Gasteiger partial charge in [0.15, 0.2) is 0 Å². The van der Waals surface area contributed by atoms with Gasteiger partial charge in [0, 0.05) is 6.42 Å². The van der Waals surface area contributed by atoms with Crippen LogP contribution in [-0.4, -0.2) is 19.6 Å². The van der Waals surface area contributed by atoms with Gasteiger partial charge in [-0.15, -0.1) is 0 Å². The summed E-state index contributed by atoms with van der Waals surface area (Å²) in [6.45, 7) is 4.84. The maximum atomic E-state index is 12.0. The molecule has 0 fully saturated rings. The predicted molar refractivity (Wildman–Crippen MR) is 86.2 cm³/mol. The molecule has 0 heterocycles. The van der Waals surface area contributed by atoms with E-state index >= 15 is 0 Å². The minimum absolute atomic E-state index is 0.0120. The minimum Gasteiger partial charge on any atom is -0.497 e. The van der Waals surface area contributed by atoms with Crippen molar-refractivity contribution in [2.24, 2.45) is 11.7 Å². The molecule has 0 aromatic heterocycles. The highest BCUT2D eigenvalue weighted by molar-refractivity contribution is 5.76. The molecule has 0 saturated carbocycles. The first kappa shape index (κ1) is 17.5. The summed E-state index contributed by atoms with van der Waals surface area (Å²) >= 11 is 0. The summed E-state index contributed by atoms with van der Waals surface area (Å²) in [5.41, 5.74) is 6.66. The number of carbonyl (C=O) groups is 1. The molecular formula is C17H28N2O2. The number of nitrogens with two attached hydrogens (primary N) is 1. The highest BCUT2D eigenvalue weighted by atomic mass is 16.5. The Morgan fingerprint density at radius 1 is 1.29 bits per heavy atom. The van der Waals surface area contributed by atoms with Crippen LogP contribution in [0, 0.1) is 5.92 Å². The van der Waals surface area contributed by atoms with Crippen LogP contribution in [0.4, 0.5) is 0 Å². The molecule has 21 heavy (non-hydrogen) atoms. The molecule has 0 saturated heterocycles. The third-order valence-electron chi connectivity index (χ3n) is 3.93. The summed E-state index contributed by atoms with van der Waals surface area (Å²) in [5, 5.41) is 3.04. The second-order valence-electron chi connectivity index (χ2n) is 5.45. The predicted octanol–water partition coefficient (Wildman–Crippen LogP) is 3.03. The van der Waals surface area contributed by atoms with Gasteiger partial charge in [-0.2, -0.15) is 0 Å². The monoisotopic (exact) mass is 292 g/mol. The van der Waals surface area contributed by atoms with Gasteiger partial charge in [0.2, 0.25) is 5.91 Å². The standard InChI is InChI=1S/C17H28N2O2/c1-4-14(11-12-18)5-10-17(20)19-13(2)15-6-8-16(21-3)9-7-15/h6-9,13-14H,4-5,10-12,18H2,1-3H3,(H,19,20)/t13-,14?/m1/s1. The van der Waals surface area contributed by atoms with Crippen LogP contribution in [0.5, 0.6) is 5.75 Å². The van der Waals surface area contributed by atoms with Crippen LogP contribution in [0.15, 0.2) is 24.3 Å². The normalized spacial score (nSPS) is 13.5. The van der Waals surface area contributed by atoms with Gasteiger partial charge in [0.05, 0.1) is 13.2 Å². The molecule has 0 radical (unpaired) electrons. The maximum absolute atomic E-state index is 12.0. The fraction of sp³-hybridized carbons (Fsp3) is 0.588. The summed E-state index contributed by atoms with van der Waals surface area (Å²) in [5.74, 6) is 1.48. The Hall–Kier alpha value is -1.55. The SMILES string of the molecule is CCC(CCN)CCC(=O)N[C@H](C)c1ccc(OC)cc1. The average molecular weight is 292 g/mol. The molecule has 1 aromatic rings. The van der Waals surface area contributed by atoms with Gasteiger partial charge in [-0.25, -0.2) is 0 Å². The van der Waals surface area contributed by atoms with Crippen molar-refractivity contribution in [1.82, 2.24) is 5.32 Å². The molecular weight excluding hydrogens is 264 g/mol. The van der Waals surface area contributed by atoms with Crippen molar-refractivity contribution >= 4 is 5.91 Å². The third kappa shape index (κ3) is 6.17. The van der Waals surface area contributed by atoms with E-state index in [2.05, 4.69) is 12.2 Å². The molecule has 4 nitrogen and oxygen atoms in total. The summed E-state index contributed by atoms with van der Waals surface area (Å²) in [4.78, 5) is 12.0. The first-order chi connectivity index (χ1) is 10.1. The van der Waals surface area contributed by atoms with Gasteiger partial charge in [-0.05, 0) is 49.9 Å². The number of hydrogen-bond acceptors (Lipinski definition) is 3. The van der Waals surface area contributed by atoms with E-state index in [1.54, 1.807) is 7.11 Å². The van der Waals surface area contributed by atoms with Gasteiger partial charge < -0.3 is 15.8 Å². The van der Waals surface area contributed by atoms with Crippen LogP contribution in [-0.2, 0) is 4.79 Å². The van der Waals surface area contributed by atoms with E-state index in [-0.39, 0.29) is 11.9 Å². The van der Waals surface area contributed by atoms with E-state index in [4.69, 9.17) is 10.5 Å². The van der Waals surface area contributed by atoms with Crippen molar-refractivity contribution in [3.8, 4) is 5.75 Å². The number of carbonyl (C=O) groups excluding carboxylic acids is 1. The number of methoxy groups -OCH3 is 1. The molecule has 0 bridgehead atoms. The smallest absolute Gasteiger partial charge is 0.220 e. The Morgan fingerprint density at radius 3 is 2.48 bits per heavy atom. The van der Waals surface area contributed by atoms with E-state index in [1.807, 2.05) is 31.2 Å². The summed E-state index contributed by atoms with van der Waals surface area (Å²) in [6, 6.07) is 7.79. The Bertz CT molecular complexity index is 417. The lowest BCUT2D eigenvalue weighted by atomic mass is 9.96. The van der Waals surface area contributed by atoms with Gasteiger partial charge >= 0.3 is 0 Å². The Balaban J connectivity index is 2.42. The van der Waals surface area contributed by atoms with E-state index < -0.39 is 0 Å². The third-order valence-corrected chi connectivity index (χ3v) is 3.93. The van der Waals surface area contributed by atoms with Crippen LogP contribution in [0.3, 0.4) is 0 Å². The largest absolute Gasteiger partial charge is 0.497 e. The fourth-order valence-electron chi connectivity index (χ4n) is 2.41. The average Bonchev–Trinajstić information content (AvgIpc) is 2.51. The number of amides is 1. The molecule has 1 unspecified atom stereocenters. The van der Waals surface area contributed by atoms with E-state index in [0.29, 0.717) is 18.9 Å². The summed E-state index contributed by atoms with van der Waals surface area (Å²) < 4.78 is 5.13. The molecule has 0 aliphatic heterocycles. The number of ether oxygens (including phenoxy) is 1. The molecule has 3 N–H and O–H groups in total. The molecule has 4 heteroatoms. The van der Waals surface area contributed by atoms with Gasteiger partial charge in [-0.3, -0.25) is 4.79 Å². The molecule has 0 spiro atoms. The van der Waals surface area contributed by atoms with Gasteiger partial charge in [-0.1, -0.05) is 25.5 Å². The first-order valence-electron chi connectivity index (χ1n) is 7.74. The maximum Gasteiger partial charge on any atom is 0.220 e. The van der Waals surface area contributed by atoms with E-state index in [1.165, 1.54) is 0 Å². The zero-order valence-corrected chi connectivity index (χ0v) is 13.4. The molecule has 1 rings (SSSR count). The molecule has 118 valence electrons. The number of benzene rings is 1. The number of rotatable bonds is 9. The molecule has 0 aliphatic rings. The number of nitrogens with one attached hydrogen (secondary N) is 1. The van der Waals surface area contributed by atoms with Crippen LogP contribution in [0.2, 0.25) is 0 Å². The lowest BCUT2D eigenvalue weighted by Crippen LogP contribution is -2.27. The topological polar surface area (TPSA) is 64.4 Å². The van der Waals surface area contributed by atoms with Gasteiger partial charge in [0.1, 0.15) is 5.75 Å². The number of hydrogen-bond donors (Lipinski definition) is 2. The van der Waals surface area contributed by atoms with Crippen LogP contribution >= 0.6 is 0 Å². The quantitative estimate of drug-likeness (QED) is 0.735. The van der Waals surface area contributed by atoms with E-state index in [9.17, 15) is 4.79 Å². The van der Waals surface area contributed by atoms with Crippen molar-refractivity contribution in [3.63, 3.8) is 0 Å². The van der Waals surface area contributed by atoms with Crippen molar-refractivity contribution in [2.45, 2.75) is 45.6 Å². The first-order valence-corrected chi connectivity index (χ1v) is 7.74. The second kappa shape index (κ2) is 9.40. The lowest BCUT2D eigenvalue weighted by molar-refractivity contribution is -0.122. The summed E-state index contributed by atoms with van der Waals surface area (Å²) in [6.07, 6.45) is 3.56. The van der Waals surface area contributed by atoms with Crippen molar-refractivity contribution in [2.75, 3.05) is 13.7 Å². The lowest BCUT2D eigenvalue weighted by Gasteiger charge is -2.17. The molecule has 2 atom stereocenters. The Kier molecular flexibility index (Phi) is 7.83. The molecule has 1 aromatic carbocycles. The highest BCUT2D eigenvalue weighted by Gasteiger charge is 2.12. The van der Waals surface area contributed by atoms with Crippen molar-refractivity contribution in [1.29, 1.82) is 0 Å². The van der Waals surface area contributed by atoms with Crippen LogP contribution < -0.4 is 15.8 Å². The highest BCUT2D eigenvalue weighted by Crippen LogP contribution is 2.18. The minimum atomic E-state index is 0.0120.